The summed E-state index contributed by atoms with van der Waals surface area (Å²) in [6, 6.07) is 8.72. The maximum absolute atomic E-state index is 10.3. The van der Waals surface area contributed by atoms with Crippen LogP contribution in [0.5, 0.6) is 0 Å². The molecule has 0 bridgehead atoms. The SMILES string of the molecule is OC(c1ccc(C2CCC2)cc1)C1CCCS1. The van der Waals surface area contributed by atoms with E-state index in [2.05, 4.69) is 24.3 Å². The minimum absolute atomic E-state index is 0.266. The lowest BCUT2D eigenvalue weighted by atomic mass is 9.80. The van der Waals surface area contributed by atoms with Gasteiger partial charge in [0.1, 0.15) is 0 Å². The van der Waals surface area contributed by atoms with Crippen molar-refractivity contribution in [2.75, 3.05) is 5.75 Å². The Morgan fingerprint density at radius 1 is 1.06 bits per heavy atom. The second-order valence-electron chi connectivity index (χ2n) is 5.29. The maximum Gasteiger partial charge on any atom is 0.0908 e. The van der Waals surface area contributed by atoms with Gasteiger partial charge in [0.05, 0.1) is 6.10 Å². The van der Waals surface area contributed by atoms with Crippen molar-refractivity contribution in [2.24, 2.45) is 0 Å². The highest BCUT2D eigenvalue weighted by atomic mass is 32.2. The number of rotatable bonds is 3. The number of hydrogen-bond acceptors (Lipinski definition) is 2. The molecule has 1 aromatic rings. The molecule has 0 spiro atoms. The first kappa shape index (κ1) is 11.6. The standard InChI is InChI=1S/C15H20OS/c16-15(14-5-2-10-17-14)13-8-6-12(7-9-13)11-3-1-4-11/h6-9,11,14-16H,1-5,10H2. The molecular formula is C15H20OS. The highest BCUT2D eigenvalue weighted by molar-refractivity contribution is 8.00. The minimum Gasteiger partial charge on any atom is -0.387 e. The predicted octanol–water partition coefficient (Wildman–Crippen LogP) is 3.88. The molecule has 1 aromatic carbocycles. The van der Waals surface area contributed by atoms with Crippen molar-refractivity contribution < 1.29 is 5.11 Å². The van der Waals surface area contributed by atoms with Crippen molar-refractivity contribution in [1.29, 1.82) is 0 Å². The minimum atomic E-state index is -0.266. The topological polar surface area (TPSA) is 20.2 Å². The summed E-state index contributed by atoms with van der Waals surface area (Å²) < 4.78 is 0. The van der Waals surface area contributed by atoms with Gasteiger partial charge in [0.2, 0.25) is 0 Å². The molecule has 1 saturated heterocycles. The first-order valence-corrected chi connectivity index (χ1v) is 7.79. The van der Waals surface area contributed by atoms with Gasteiger partial charge in [-0.05, 0) is 48.5 Å². The van der Waals surface area contributed by atoms with Crippen molar-refractivity contribution in [1.82, 2.24) is 0 Å². The Bertz CT molecular complexity index is 363. The van der Waals surface area contributed by atoms with Crippen molar-refractivity contribution >= 4 is 11.8 Å². The van der Waals surface area contributed by atoms with Gasteiger partial charge in [0.25, 0.3) is 0 Å². The smallest absolute Gasteiger partial charge is 0.0908 e. The van der Waals surface area contributed by atoms with Crippen LogP contribution in [-0.4, -0.2) is 16.1 Å². The normalized spacial score (nSPS) is 26.8. The molecular weight excluding hydrogens is 228 g/mol. The third-order valence-electron chi connectivity index (χ3n) is 4.17. The highest BCUT2D eigenvalue weighted by Gasteiger charge is 2.25. The summed E-state index contributed by atoms with van der Waals surface area (Å²) in [6.07, 6.45) is 6.23. The Balaban J connectivity index is 1.69. The van der Waals surface area contributed by atoms with Crippen LogP contribution in [0.15, 0.2) is 24.3 Å². The van der Waals surface area contributed by atoms with E-state index in [-0.39, 0.29) is 6.10 Å². The Hall–Kier alpha value is -0.470. The predicted molar refractivity (Wildman–Crippen MR) is 73.5 cm³/mol. The lowest BCUT2D eigenvalue weighted by Crippen LogP contribution is -2.12. The Morgan fingerprint density at radius 2 is 1.82 bits per heavy atom. The summed E-state index contributed by atoms with van der Waals surface area (Å²) in [5, 5.41) is 10.7. The van der Waals surface area contributed by atoms with E-state index >= 15 is 0 Å². The van der Waals surface area contributed by atoms with Crippen molar-refractivity contribution in [3.63, 3.8) is 0 Å². The molecule has 2 atom stereocenters. The Labute approximate surface area is 108 Å². The molecule has 1 N–H and O–H groups in total. The number of aliphatic hydroxyl groups excluding tert-OH is 1. The van der Waals surface area contributed by atoms with Crippen LogP contribution in [0.2, 0.25) is 0 Å². The molecule has 1 aliphatic heterocycles. The van der Waals surface area contributed by atoms with E-state index < -0.39 is 0 Å². The molecule has 2 unspecified atom stereocenters. The summed E-state index contributed by atoms with van der Waals surface area (Å²) >= 11 is 1.92. The van der Waals surface area contributed by atoms with E-state index in [0.29, 0.717) is 5.25 Å². The summed E-state index contributed by atoms with van der Waals surface area (Å²) in [5.41, 5.74) is 2.57. The quantitative estimate of drug-likeness (QED) is 0.876. The van der Waals surface area contributed by atoms with Gasteiger partial charge in [-0.3, -0.25) is 0 Å². The first-order valence-electron chi connectivity index (χ1n) is 6.74. The van der Waals surface area contributed by atoms with Gasteiger partial charge in [-0.2, -0.15) is 11.8 Å². The van der Waals surface area contributed by atoms with Gasteiger partial charge in [-0.1, -0.05) is 30.7 Å². The molecule has 1 saturated carbocycles. The van der Waals surface area contributed by atoms with Gasteiger partial charge >= 0.3 is 0 Å². The molecule has 3 rings (SSSR count). The summed E-state index contributed by atoms with van der Waals surface area (Å²) in [7, 11) is 0. The molecule has 1 aliphatic carbocycles. The molecule has 17 heavy (non-hydrogen) atoms. The van der Waals surface area contributed by atoms with E-state index in [0.717, 1.165) is 17.9 Å². The molecule has 1 nitrogen and oxygen atoms in total. The molecule has 1 heterocycles. The number of aliphatic hydroxyl groups is 1. The lowest BCUT2D eigenvalue weighted by Gasteiger charge is -2.26. The Morgan fingerprint density at radius 3 is 2.35 bits per heavy atom. The van der Waals surface area contributed by atoms with E-state index in [1.165, 1.54) is 37.0 Å². The van der Waals surface area contributed by atoms with Gasteiger partial charge < -0.3 is 5.11 Å². The molecule has 2 fully saturated rings. The third-order valence-corrected chi connectivity index (χ3v) is 5.62. The Kier molecular flexibility index (Phi) is 3.44. The van der Waals surface area contributed by atoms with Crippen molar-refractivity contribution in [3.05, 3.63) is 35.4 Å². The second kappa shape index (κ2) is 5.03. The average molecular weight is 248 g/mol. The number of thioether (sulfide) groups is 1. The van der Waals surface area contributed by atoms with Crippen LogP contribution in [0, 0.1) is 0 Å². The largest absolute Gasteiger partial charge is 0.387 e. The highest BCUT2D eigenvalue weighted by Crippen LogP contribution is 2.38. The average Bonchev–Trinajstić information content (AvgIpc) is 2.80. The molecule has 0 radical (unpaired) electrons. The first-order chi connectivity index (χ1) is 8.34. The van der Waals surface area contributed by atoms with Crippen LogP contribution in [-0.2, 0) is 0 Å². The van der Waals surface area contributed by atoms with Crippen molar-refractivity contribution in [3.8, 4) is 0 Å². The van der Waals surface area contributed by atoms with Crippen LogP contribution in [0.1, 0.15) is 55.3 Å². The fourth-order valence-corrected chi connectivity index (χ4v) is 4.08. The lowest BCUT2D eigenvalue weighted by molar-refractivity contribution is 0.173. The summed E-state index contributed by atoms with van der Waals surface area (Å²) in [5.74, 6) is 2.00. The van der Waals surface area contributed by atoms with Crippen molar-refractivity contribution in [2.45, 2.75) is 49.4 Å². The molecule has 2 aliphatic rings. The van der Waals surface area contributed by atoms with Crippen LogP contribution in [0.4, 0.5) is 0 Å². The van der Waals surface area contributed by atoms with Crippen LogP contribution < -0.4 is 0 Å². The van der Waals surface area contributed by atoms with Gasteiger partial charge in [-0.25, -0.2) is 0 Å². The zero-order chi connectivity index (χ0) is 11.7. The second-order valence-corrected chi connectivity index (χ2v) is 6.64. The van der Waals surface area contributed by atoms with E-state index in [1.54, 1.807) is 0 Å². The third kappa shape index (κ3) is 2.38. The van der Waals surface area contributed by atoms with E-state index in [9.17, 15) is 5.11 Å². The van der Waals surface area contributed by atoms with Gasteiger partial charge in [0, 0.05) is 5.25 Å². The fourth-order valence-electron chi connectivity index (χ4n) is 2.77. The molecule has 0 aromatic heterocycles. The maximum atomic E-state index is 10.3. The van der Waals surface area contributed by atoms with E-state index in [4.69, 9.17) is 0 Å². The zero-order valence-corrected chi connectivity index (χ0v) is 11.0. The van der Waals surface area contributed by atoms with Crippen LogP contribution in [0.3, 0.4) is 0 Å². The molecule has 0 amide bonds. The zero-order valence-electron chi connectivity index (χ0n) is 10.1. The van der Waals surface area contributed by atoms with Gasteiger partial charge in [-0.15, -0.1) is 0 Å². The fraction of sp³-hybridized carbons (Fsp3) is 0.600. The molecule has 2 heteroatoms. The van der Waals surface area contributed by atoms with Gasteiger partial charge in [0.15, 0.2) is 0 Å². The van der Waals surface area contributed by atoms with E-state index in [1.807, 2.05) is 11.8 Å². The number of hydrogen-bond donors (Lipinski definition) is 1. The summed E-state index contributed by atoms with van der Waals surface area (Å²) in [4.78, 5) is 0. The monoisotopic (exact) mass is 248 g/mol. The van der Waals surface area contributed by atoms with Crippen LogP contribution >= 0.6 is 11.8 Å². The molecule has 92 valence electrons. The number of benzene rings is 1. The van der Waals surface area contributed by atoms with Crippen LogP contribution in [0.25, 0.3) is 0 Å². The summed E-state index contributed by atoms with van der Waals surface area (Å²) in [6.45, 7) is 0.